The van der Waals surface area contributed by atoms with Crippen LogP contribution in [0, 0.1) is 5.41 Å². The van der Waals surface area contributed by atoms with Crippen LogP contribution in [0.3, 0.4) is 0 Å². The first-order valence-corrected chi connectivity index (χ1v) is 9.00. The van der Waals surface area contributed by atoms with E-state index in [1.54, 1.807) is 54.0 Å². The minimum Gasteiger partial charge on any atom is -0.488 e. The molecule has 0 aliphatic carbocycles. The average molecular weight is 384 g/mol. The number of ether oxygens (including phenoxy) is 1. The third-order valence-corrected chi connectivity index (χ3v) is 4.73. The van der Waals surface area contributed by atoms with Gasteiger partial charge in [-0.25, -0.2) is 5.48 Å². The first kappa shape index (κ1) is 19.9. The van der Waals surface area contributed by atoms with Crippen molar-refractivity contribution in [3.8, 4) is 5.75 Å². The number of rotatable bonds is 5. The third-order valence-electron chi connectivity index (χ3n) is 4.73. The molecule has 28 heavy (non-hydrogen) atoms. The van der Waals surface area contributed by atoms with Gasteiger partial charge in [-0.05, 0) is 35.2 Å². The van der Waals surface area contributed by atoms with Crippen LogP contribution in [0.2, 0.25) is 0 Å². The van der Waals surface area contributed by atoms with Crippen molar-refractivity contribution in [2.75, 3.05) is 0 Å². The van der Waals surface area contributed by atoms with E-state index in [1.165, 1.54) is 4.90 Å². The second-order valence-electron chi connectivity index (χ2n) is 7.86. The minimum atomic E-state index is -0.786. The molecule has 2 amide bonds. The smallest absolute Gasteiger partial charge is 0.274 e. The molecule has 0 unspecified atom stereocenters. The fraction of sp³-hybridized carbons (Fsp3) is 0.333. The van der Waals surface area contributed by atoms with Crippen LogP contribution in [0.4, 0.5) is 0 Å². The summed E-state index contributed by atoms with van der Waals surface area (Å²) in [5, 5.41) is 18.8. The SMILES string of the molecule is CC(C)(C)[C@H]1[C@H](O)N1C(=O)c1ccccc1OCc1ccc(C(=O)NO)cc1. The van der Waals surface area contributed by atoms with Gasteiger partial charge in [0.1, 0.15) is 12.4 Å². The molecule has 1 aliphatic rings. The number of nitrogens with one attached hydrogen (secondary N) is 1. The Kier molecular flexibility index (Phi) is 5.40. The highest BCUT2D eigenvalue weighted by atomic mass is 16.5. The highest BCUT2D eigenvalue weighted by molar-refractivity contribution is 5.99. The summed E-state index contributed by atoms with van der Waals surface area (Å²) < 4.78 is 5.83. The van der Waals surface area contributed by atoms with E-state index in [9.17, 15) is 14.7 Å². The number of benzene rings is 2. The lowest BCUT2D eigenvalue weighted by Gasteiger charge is -2.17. The summed E-state index contributed by atoms with van der Waals surface area (Å²) in [6, 6.07) is 13.3. The summed E-state index contributed by atoms with van der Waals surface area (Å²) in [6.07, 6.45) is -0.786. The van der Waals surface area contributed by atoms with E-state index in [2.05, 4.69) is 0 Å². The maximum absolute atomic E-state index is 12.9. The lowest BCUT2D eigenvalue weighted by molar-refractivity contribution is 0.0706. The lowest BCUT2D eigenvalue weighted by Crippen LogP contribution is -2.23. The van der Waals surface area contributed by atoms with Gasteiger partial charge in [0.25, 0.3) is 11.8 Å². The van der Waals surface area contributed by atoms with Crippen LogP contribution < -0.4 is 10.2 Å². The molecule has 1 aliphatic heterocycles. The van der Waals surface area contributed by atoms with Gasteiger partial charge in [-0.2, -0.15) is 0 Å². The maximum atomic E-state index is 12.9. The van der Waals surface area contributed by atoms with E-state index in [0.717, 1.165) is 5.56 Å². The minimum absolute atomic E-state index is 0.205. The number of hydroxylamine groups is 1. The number of hydrogen-bond acceptors (Lipinski definition) is 5. The molecule has 1 heterocycles. The number of nitrogens with zero attached hydrogens (tertiary/aromatic N) is 1. The molecule has 2 aromatic carbocycles. The van der Waals surface area contributed by atoms with E-state index >= 15 is 0 Å². The molecule has 1 saturated heterocycles. The molecular weight excluding hydrogens is 360 g/mol. The van der Waals surface area contributed by atoms with Gasteiger partial charge in [0.2, 0.25) is 0 Å². The molecule has 3 N–H and O–H groups in total. The zero-order valence-electron chi connectivity index (χ0n) is 16.0. The van der Waals surface area contributed by atoms with Crippen molar-refractivity contribution in [1.29, 1.82) is 0 Å². The maximum Gasteiger partial charge on any atom is 0.274 e. The molecule has 0 aromatic heterocycles. The number of amides is 2. The highest BCUT2D eigenvalue weighted by Crippen LogP contribution is 2.42. The Labute approximate surface area is 163 Å². The van der Waals surface area contributed by atoms with Crippen LogP contribution in [0.1, 0.15) is 47.1 Å². The molecule has 148 valence electrons. The average Bonchev–Trinajstić information content (AvgIpc) is 3.37. The van der Waals surface area contributed by atoms with E-state index in [0.29, 0.717) is 16.9 Å². The van der Waals surface area contributed by atoms with Crippen molar-refractivity contribution in [1.82, 2.24) is 10.4 Å². The van der Waals surface area contributed by atoms with Crippen LogP contribution in [0.5, 0.6) is 5.75 Å². The second kappa shape index (κ2) is 7.61. The summed E-state index contributed by atoms with van der Waals surface area (Å²) in [7, 11) is 0. The molecule has 0 saturated carbocycles. The van der Waals surface area contributed by atoms with Gasteiger partial charge in [-0.15, -0.1) is 0 Å². The monoisotopic (exact) mass is 384 g/mol. The van der Waals surface area contributed by atoms with E-state index in [-0.39, 0.29) is 24.0 Å². The third kappa shape index (κ3) is 4.00. The van der Waals surface area contributed by atoms with Crippen LogP contribution in [-0.2, 0) is 6.61 Å². The van der Waals surface area contributed by atoms with Crippen LogP contribution >= 0.6 is 0 Å². The summed E-state index contributed by atoms with van der Waals surface area (Å²) in [5.74, 6) is -0.428. The van der Waals surface area contributed by atoms with Crippen LogP contribution in [-0.4, -0.2) is 39.3 Å². The number of hydrogen-bond donors (Lipinski definition) is 3. The molecule has 2 aromatic rings. The Bertz CT molecular complexity index is 873. The predicted octanol–water partition coefficient (Wildman–Crippen LogP) is 2.57. The Morgan fingerprint density at radius 2 is 1.75 bits per heavy atom. The number of aliphatic hydroxyl groups excluding tert-OH is 1. The summed E-state index contributed by atoms with van der Waals surface area (Å²) >= 11 is 0. The van der Waals surface area contributed by atoms with Crippen molar-refractivity contribution in [2.45, 2.75) is 39.6 Å². The van der Waals surface area contributed by atoms with Crippen molar-refractivity contribution < 1.29 is 24.6 Å². The number of carbonyl (C=O) groups is 2. The van der Waals surface area contributed by atoms with Crippen LogP contribution in [0.25, 0.3) is 0 Å². The molecule has 2 atom stereocenters. The lowest BCUT2D eigenvalue weighted by atomic mass is 9.91. The van der Waals surface area contributed by atoms with Gasteiger partial charge >= 0.3 is 0 Å². The number of para-hydroxylation sites is 1. The van der Waals surface area contributed by atoms with Gasteiger partial charge in [-0.3, -0.25) is 14.8 Å². The highest BCUT2D eigenvalue weighted by Gasteiger charge is 2.56. The molecular formula is C21H24N2O5. The van der Waals surface area contributed by atoms with Crippen molar-refractivity contribution in [3.05, 3.63) is 65.2 Å². The topological polar surface area (TPSA) is 98.9 Å². The molecule has 0 spiro atoms. The molecule has 7 nitrogen and oxygen atoms in total. The van der Waals surface area contributed by atoms with Gasteiger partial charge in [0, 0.05) is 5.56 Å². The number of aliphatic hydroxyl groups is 1. The predicted molar refractivity (Wildman–Crippen MR) is 102 cm³/mol. The van der Waals surface area contributed by atoms with Gasteiger partial charge < -0.3 is 14.7 Å². The molecule has 7 heteroatoms. The van der Waals surface area contributed by atoms with Crippen molar-refractivity contribution in [3.63, 3.8) is 0 Å². The number of carbonyl (C=O) groups excluding carboxylic acids is 2. The van der Waals surface area contributed by atoms with Gasteiger partial charge in [0.15, 0.2) is 6.23 Å². The Morgan fingerprint density at radius 3 is 2.32 bits per heavy atom. The quantitative estimate of drug-likeness (QED) is 0.418. The van der Waals surface area contributed by atoms with E-state index in [4.69, 9.17) is 9.94 Å². The normalized spacial score (nSPS) is 18.5. The second-order valence-corrected chi connectivity index (χ2v) is 7.86. The molecule has 0 bridgehead atoms. The van der Waals surface area contributed by atoms with E-state index < -0.39 is 12.1 Å². The summed E-state index contributed by atoms with van der Waals surface area (Å²) in [4.78, 5) is 25.7. The standard InChI is InChI=1S/C21H24N2O5/c1-21(2,3)17-20(26)23(17)19(25)15-6-4-5-7-16(15)28-12-13-8-10-14(11-9-13)18(24)22-27/h4-11,17,20,26-27H,12H2,1-3H3,(H,22,24)/t17-,20+,23?/m1/s1. The zero-order valence-corrected chi connectivity index (χ0v) is 16.0. The zero-order chi connectivity index (χ0) is 20.5. The van der Waals surface area contributed by atoms with Gasteiger partial charge in [0.05, 0.1) is 11.6 Å². The fourth-order valence-electron chi connectivity index (χ4n) is 3.22. The summed E-state index contributed by atoms with van der Waals surface area (Å²) in [6.45, 7) is 6.16. The van der Waals surface area contributed by atoms with Gasteiger partial charge in [-0.1, -0.05) is 45.0 Å². The van der Waals surface area contributed by atoms with Crippen molar-refractivity contribution in [2.24, 2.45) is 5.41 Å². The molecule has 3 rings (SSSR count). The van der Waals surface area contributed by atoms with Crippen LogP contribution in [0.15, 0.2) is 48.5 Å². The largest absolute Gasteiger partial charge is 0.488 e. The van der Waals surface area contributed by atoms with Crippen molar-refractivity contribution >= 4 is 11.8 Å². The first-order valence-electron chi connectivity index (χ1n) is 9.00. The molecule has 1 fully saturated rings. The Balaban J connectivity index is 1.71. The Morgan fingerprint density at radius 1 is 1.11 bits per heavy atom. The Hall–Kier alpha value is -2.90. The first-order chi connectivity index (χ1) is 13.2. The fourth-order valence-corrected chi connectivity index (χ4v) is 3.22. The summed E-state index contributed by atoms with van der Waals surface area (Å²) in [5.41, 5.74) is 2.88. The van der Waals surface area contributed by atoms with E-state index in [1.807, 2.05) is 20.8 Å². The molecule has 0 radical (unpaired) electrons.